The third-order valence-electron chi connectivity index (χ3n) is 3.10. The average molecular weight is 243 g/mol. The molecule has 0 aliphatic carbocycles. The molecule has 0 amide bonds. The molecule has 0 fully saturated rings. The summed E-state index contributed by atoms with van der Waals surface area (Å²) in [6, 6.07) is 15.3. The van der Waals surface area contributed by atoms with E-state index in [0.29, 0.717) is 0 Å². The normalized spacial score (nSPS) is 12.4. The van der Waals surface area contributed by atoms with E-state index in [1.807, 2.05) is 12.1 Å². The molecule has 0 aromatic heterocycles. The van der Waals surface area contributed by atoms with E-state index >= 15 is 0 Å². The standard InChI is InChI=1S/C16H18FN/c1-12-3-5-14(6-4-12)11-18-13(2)15-7-9-16(17)10-8-15/h3-10,13,18H,11H2,1-2H3/t13-/m0/s1. The van der Waals surface area contributed by atoms with Crippen LogP contribution in [0.3, 0.4) is 0 Å². The number of nitrogens with one attached hydrogen (secondary N) is 1. The minimum absolute atomic E-state index is 0.190. The zero-order valence-corrected chi connectivity index (χ0v) is 10.8. The van der Waals surface area contributed by atoms with Crippen LogP contribution < -0.4 is 5.32 Å². The largest absolute Gasteiger partial charge is 0.306 e. The van der Waals surface area contributed by atoms with Gasteiger partial charge in [-0.3, -0.25) is 0 Å². The molecular formula is C16H18FN. The fraction of sp³-hybridized carbons (Fsp3) is 0.250. The third kappa shape index (κ3) is 3.41. The first-order chi connectivity index (χ1) is 8.65. The van der Waals surface area contributed by atoms with Crippen molar-refractivity contribution in [2.45, 2.75) is 26.4 Å². The second-order valence-electron chi connectivity index (χ2n) is 4.64. The zero-order chi connectivity index (χ0) is 13.0. The molecular weight excluding hydrogens is 225 g/mol. The predicted molar refractivity (Wildman–Crippen MR) is 72.8 cm³/mol. The Morgan fingerprint density at radius 3 is 2.22 bits per heavy atom. The summed E-state index contributed by atoms with van der Waals surface area (Å²) in [5.74, 6) is -0.190. The highest BCUT2D eigenvalue weighted by molar-refractivity contribution is 5.22. The summed E-state index contributed by atoms with van der Waals surface area (Å²) in [7, 11) is 0. The van der Waals surface area contributed by atoms with Crippen LogP contribution in [0.1, 0.15) is 29.7 Å². The summed E-state index contributed by atoms with van der Waals surface area (Å²) < 4.78 is 12.8. The molecule has 0 spiro atoms. The van der Waals surface area contributed by atoms with E-state index in [2.05, 4.69) is 43.4 Å². The van der Waals surface area contributed by atoms with Gasteiger partial charge in [0.05, 0.1) is 0 Å². The molecule has 1 N–H and O–H groups in total. The molecule has 2 rings (SSSR count). The van der Waals surface area contributed by atoms with Gasteiger partial charge in [-0.1, -0.05) is 42.0 Å². The second-order valence-corrected chi connectivity index (χ2v) is 4.64. The Balaban J connectivity index is 1.93. The molecule has 2 aromatic rings. The lowest BCUT2D eigenvalue weighted by molar-refractivity contribution is 0.571. The second kappa shape index (κ2) is 5.78. The van der Waals surface area contributed by atoms with Crippen molar-refractivity contribution < 1.29 is 4.39 Å². The first kappa shape index (κ1) is 12.8. The summed E-state index contributed by atoms with van der Waals surface area (Å²) >= 11 is 0. The molecule has 0 saturated heterocycles. The van der Waals surface area contributed by atoms with Crippen molar-refractivity contribution in [2.24, 2.45) is 0 Å². The zero-order valence-electron chi connectivity index (χ0n) is 10.8. The van der Waals surface area contributed by atoms with Crippen molar-refractivity contribution in [1.29, 1.82) is 0 Å². The van der Waals surface area contributed by atoms with Gasteiger partial charge in [0.2, 0.25) is 0 Å². The smallest absolute Gasteiger partial charge is 0.123 e. The molecule has 2 aromatic carbocycles. The highest BCUT2D eigenvalue weighted by atomic mass is 19.1. The van der Waals surface area contributed by atoms with Crippen LogP contribution in [0.4, 0.5) is 4.39 Å². The maximum Gasteiger partial charge on any atom is 0.123 e. The third-order valence-corrected chi connectivity index (χ3v) is 3.10. The molecule has 0 aliphatic rings. The highest BCUT2D eigenvalue weighted by Crippen LogP contribution is 2.13. The number of hydrogen-bond donors (Lipinski definition) is 1. The quantitative estimate of drug-likeness (QED) is 0.856. The minimum atomic E-state index is -0.190. The van der Waals surface area contributed by atoms with Gasteiger partial charge in [0.1, 0.15) is 5.82 Å². The number of benzene rings is 2. The molecule has 1 nitrogen and oxygen atoms in total. The monoisotopic (exact) mass is 243 g/mol. The van der Waals surface area contributed by atoms with Gasteiger partial charge in [0, 0.05) is 12.6 Å². The van der Waals surface area contributed by atoms with Crippen molar-refractivity contribution >= 4 is 0 Å². The van der Waals surface area contributed by atoms with Gasteiger partial charge in [-0.05, 0) is 37.1 Å². The molecule has 2 heteroatoms. The van der Waals surface area contributed by atoms with Gasteiger partial charge in [-0.25, -0.2) is 4.39 Å². The van der Waals surface area contributed by atoms with Gasteiger partial charge in [0.15, 0.2) is 0 Å². The van der Waals surface area contributed by atoms with Crippen LogP contribution in [-0.2, 0) is 6.54 Å². The van der Waals surface area contributed by atoms with Gasteiger partial charge < -0.3 is 5.32 Å². The highest BCUT2D eigenvalue weighted by Gasteiger charge is 2.04. The minimum Gasteiger partial charge on any atom is -0.306 e. The molecule has 0 unspecified atom stereocenters. The van der Waals surface area contributed by atoms with E-state index in [4.69, 9.17) is 0 Å². The van der Waals surface area contributed by atoms with Gasteiger partial charge in [0.25, 0.3) is 0 Å². The first-order valence-electron chi connectivity index (χ1n) is 6.19. The number of hydrogen-bond acceptors (Lipinski definition) is 1. The topological polar surface area (TPSA) is 12.0 Å². The fourth-order valence-electron chi connectivity index (χ4n) is 1.85. The van der Waals surface area contributed by atoms with Crippen LogP contribution in [0, 0.1) is 12.7 Å². The Kier molecular flexibility index (Phi) is 4.11. The van der Waals surface area contributed by atoms with Crippen LogP contribution in [0.2, 0.25) is 0 Å². The van der Waals surface area contributed by atoms with E-state index in [1.54, 1.807) is 0 Å². The van der Waals surface area contributed by atoms with Crippen LogP contribution in [0.25, 0.3) is 0 Å². The Labute approximate surface area is 108 Å². The summed E-state index contributed by atoms with van der Waals surface area (Å²) in [4.78, 5) is 0. The first-order valence-corrected chi connectivity index (χ1v) is 6.19. The molecule has 0 heterocycles. The lowest BCUT2D eigenvalue weighted by Crippen LogP contribution is -2.18. The molecule has 0 aliphatic heterocycles. The predicted octanol–water partition coefficient (Wildman–Crippen LogP) is 3.98. The Hall–Kier alpha value is -1.67. The lowest BCUT2D eigenvalue weighted by Gasteiger charge is -2.14. The van der Waals surface area contributed by atoms with Crippen LogP contribution in [0.15, 0.2) is 48.5 Å². The summed E-state index contributed by atoms with van der Waals surface area (Å²) in [5, 5.41) is 3.43. The van der Waals surface area contributed by atoms with Gasteiger partial charge >= 0.3 is 0 Å². The number of rotatable bonds is 4. The molecule has 0 radical (unpaired) electrons. The van der Waals surface area contributed by atoms with Crippen molar-refractivity contribution in [3.63, 3.8) is 0 Å². The summed E-state index contributed by atoms with van der Waals surface area (Å²) in [5.41, 5.74) is 3.63. The Bertz CT molecular complexity index is 488. The van der Waals surface area contributed by atoms with E-state index in [0.717, 1.165) is 12.1 Å². The van der Waals surface area contributed by atoms with Gasteiger partial charge in [-0.15, -0.1) is 0 Å². The Morgan fingerprint density at radius 1 is 1.00 bits per heavy atom. The van der Waals surface area contributed by atoms with E-state index in [9.17, 15) is 4.39 Å². The average Bonchev–Trinajstić information content (AvgIpc) is 2.38. The van der Waals surface area contributed by atoms with Crippen LogP contribution in [0.5, 0.6) is 0 Å². The number of aryl methyl sites for hydroxylation is 1. The molecule has 94 valence electrons. The lowest BCUT2D eigenvalue weighted by atomic mass is 10.1. The van der Waals surface area contributed by atoms with Crippen molar-refractivity contribution in [3.8, 4) is 0 Å². The fourth-order valence-corrected chi connectivity index (χ4v) is 1.85. The van der Waals surface area contributed by atoms with E-state index in [-0.39, 0.29) is 11.9 Å². The van der Waals surface area contributed by atoms with E-state index in [1.165, 1.54) is 23.3 Å². The van der Waals surface area contributed by atoms with Crippen LogP contribution >= 0.6 is 0 Å². The van der Waals surface area contributed by atoms with Crippen molar-refractivity contribution in [1.82, 2.24) is 5.32 Å². The maximum atomic E-state index is 12.8. The molecule has 18 heavy (non-hydrogen) atoms. The molecule has 0 saturated carbocycles. The van der Waals surface area contributed by atoms with Crippen LogP contribution in [-0.4, -0.2) is 0 Å². The number of halogens is 1. The van der Waals surface area contributed by atoms with E-state index < -0.39 is 0 Å². The van der Waals surface area contributed by atoms with Crippen molar-refractivity contribution in [3.05, 3.63) is 71.0 Å². The van der Waals surface area contributed by atoms with Gasteiger partial charge in [-0.2, -0.15) is 0 Å². The molecule has 1 atom stereocenters. The summed E-state index contributed by atoms with van der Waals surface area (Å²) in [6.07, 6.45) is 0. The summed E-state index contributed by atoms with van der Waals surface area (Å²) in [6.45, 7) is 4.98. The maximum absolute atomic E-state index is 12.8. The molecule has 0 bridgehead atoms. The van der Waals surface area contributed by atoms with Crippen molar-refractivity contribution in [2.75, 3.05) is 0 Å². The Morgan fingerprint density at radius 2 is 1.61 bits per heavy atom. The SMILES string of the molecule is Cc1ccc(CN[C@@H](C)c2ccc(F)cc2)cc1.